The molecule has 0 aliphatic carbocycles. The molecule has 2 heterocycles. The number of hydrogen-bond acceptors (Lipinski definition) is 6. The van der Waals surface area contributed by atoms with Crippen LogP contribution in [0.15, 0.2) is 39.5 Å². The van der Waals surface area contributed by atoms with Crippen molar-refractivity contribution >= 4 is 17.4 Å². The third kappa shape index (κ3) is 2.62. The number of pyridine rings is 1. The van der Waals surface area contributed by atoms with Crippen LogP contribution in [0.25, 0.3) is 0 Å². The van der Waals surface area contributed by atoms with Crippen LogP contribution in [0, 0.1) is 11.3 Å². The van der Waals surface area contributed by atoms with E-state index in [4.69, 9.17) is 11.0 Å². The standard InChI is InChI=1S/C10H7N5OS/c11-4-6-3-7(12)9(14-5-6)17-10-13-2-1-8(16)15-10/h1-3,5H,12H2,(H,13,15,16). The number of rotatable bonds is 2. The zero-order valence-electron chi connectivity index (χ0n) is 8.54. The molecule has 2 aromatic heterocycles. The molecule has 0 bridgehead atoms. The summed E-state index contributed by atoms with van der Waals surface area (Å²) in [5, 5.41) is 9.57. The number of nitrogens with two attached hydrogens (primary N) is 1. The minimum atomic E-state index is -0.241. The number of nitrogens with zero attached hydrogens (tertiary/aromatic N) is 3. The first-order chi connectivity index (χ1) is 8.19. The zero-order chi connectivity index (χ0) is 12.3. The van der Waals surface area contributed by atoms with Gasteiger partial charge in [-0.25, -0.2) is 9.97 Å². The van der Waals surface area contributed by atoms with Crippen molar-refractivity contribution in [1.29, 1.82) is 5.26 Å². The number of nitriles is 1. The Bertz CT molecular complexity index is 646. The Morgan fingerprint density at radius 1 is 1.47 bits per heavy atom. The van der Waals surface area contributed by atoms with Gasteiger partial charge in [0, 0.05) is 18.5 Å². The van der Waals surface area contributed by atoms with Crippen LogP contribution in [-0.4, -0.2) is 15.0 Å². The summed E-state index contributed by atoms with van der Waals surface area (Å²) in [5.74, 6) is 0. The highest BCUT2D eigenvalue weighted by molar-refractivity contribution is 7.99. The van der Waals surface area contributed by atoms with Gasteiger partial charge in [-0.3, -0.25) is 4.79 Å². The first-order valence-electron chi connectivity index (χ1n) is 4.58. The van der Waals surface area contributed by atoms with Crippen LogP contribution in [0.1, 0.15) is 5.56 Å². The van der Waals surface area contributed by atoms with Gasteiger partial charge in [-0.1, -0.05) is 0 Å². The number of nitrogen functional groups attached to an aromatic ring is 1. The lowest BCUT2D eigenvalue weighted by molar-refractivity contribution is 0.932. The molecule has 0 aliphatic heterocycles. The van der Waals surface area contributed by atoms with Gasteiger partial charge in [-0.2, -0.15) is 5.26 Å². The number of nitrogens with one attached hydrogen (secondary N) is 1. The molecule has 0 unspecified atom stereocenters. The van der Waals surface area contributed by atoms with E-state index < -0.39 is 0 Å². The molecule has 17 heavy (non-hydrogen) atoms. The number of H-pyrrole nitrogens is 1. The first kappa shape index (κ1) is 11.2. The van der Waals surface area contributed by atoms with Gasteiger partial charge in [0.2, 0.25) is 0 Å². The van der Waals surface area contributed by atoms with Crippen LogP contribution in [0.5, 0.6) is 0 Å². The fourth-order valence-electron chi connectivity index (χ4n) is 1.11. The second-order valence-corrected chi connectivity index (χ2v) is 4.05. The largest absolute Gasteiger partial charge is 0.396 e. The van der Waals surface area contributed by atoms with E-state index >= 15 is 0 Å². The molecule has 0 saturated heterocycles. The van der Waals surface area contributed by atoms with Crippen LogP contribution in [0.2, 0.25) is 0 Å². The monoisotopic (exact) mass is 245 g/mol. The van der Waals surface area contributed by atoms with E-state index in [1.54, 1.807) is 0 Å². The number of aromatic amines is 1. The molecule has 0 saturated carbocycles. The quantitative estimate of drug-likeness (QED) is 0.756. The molecule has 0 amide bonds. The summed E-state index contributed by atoms with van der Waals surface area (Å²) in [7, 11) is 0. The lowest BCUT2D eigenvalue weighted by Crippen LogP contribution is -2.05. The normalized spacial score (nSPS) is 9.82. The van der Waals surface area contributed by atoms with Gasteiger partial charge < -0.3 is 10.7 Å². The van der Waals surface area contributed by atoms with E-state index in [9.17, 15) is 4.79 Å². The van der Waals surface area contributed by atoms with Crippen molar-refractivity contribution in [3.8, 4) is 6.07 Å². The Kier molecular flexibility index (Phi) is 3.07. The van der Waals surface area contributed by atoms with Crippen molar-refractivity contribution in [2.45, 2.75) is 10.2 Å². The number of aromatic nitrogens is 3. The zero-order valence-corrected chi connectivity index (χ0v) is 9.36. The Hall–Kier alpha value is -2.33. The predicted octanol–water partition coefficient (Wildman–Crippen LogP) is 0.770. The third-order valence-corrected chi connectivity index (χ3v) is 2.78. The number of hydrogen-bond donors (Lipinski definition) is 2. The summed E-state index contributed by atoms with van der Waals surface area (Å²) < 4.78 is 0. The van der Waals surface area contributed by atoms with E-state index in [0.717, 1.165) is 11.8 Å². The molecule has 0 aliphatic rings. The highest BCUT2D eigenvalue weighted by Crippen LogP contribution is 2.27. The van der Waals surface area contributed by atoms with Gasteiger partial charge in [-0.05, 0) is 17.8 Å². The summed E-state index contributed by atoms with van der Waals surface area (Å²) >= 11 is 1.14. The van der Waals surface area contributed by atoms with Crippen LogP contribution in [0.3, 0.4) is 0 Å². The summed E-state index contributed by atoms with van der Waals surface area (Å²) in [6.07, 6.45) is 2.82. The van der Waals surface area contributed by atoms with Crippen LogP contribution >= 0.6 is 11.8 Å². The molecule has 3 N–H and O–H groups in total. The van der Waals surface area contributed by atoms with Crippen molar-refractivity contribution in [3.05, 3.63) is 40.4 Å². The molecule has 0 spiro atoms. The fourth-order valence-corrected chi connectivity index (χ4v) is 1.84. The SMILES string of the molecule is N#Cc1cnc(Sc2nccc(=O)[nH]2)c(N)c1. The maximum absolute atomic E-state index is 11.1. The molecular formula is C10H7N5OS. The molecule has 0 aromatic carbocycles. The van der Waals surface area contributed by atoms with Crippen molar-refractivity contribution < 1.29 is 0 Å². The smallest absolute Gasteiger partial charge is 0.251 e. The average Bonchev–Trinajstić information content (AvgIpc) is 2.32. The third-order valence-electron chi connectivity index (χ3n) is 1.85. The van der Waals surface area contributed by atoms with E-state index in [1.807, 2.05) is 6.07 Å². The summed E-state index contributed by atoms with van der Waals surface area (Å²) in [4.78, 5) is 21.6. The minimum Gasteiger partial charge on any atom is -0.396 e. The van der Waals surface area contributed by atoms with Crippen molar-refractivity contribution in [2.75, 3.05) is 5.73 Å². The number of anilines is 1. The van der Waals surface area contributed by atoms with Crippen LogP contribution < -0.4 is 11.3 Å². The second-order valence-electron chi connectivity index (χ2n) is 3.07. The van der Waals surface area contributed by atoms with E-state index in [2.05, 4.69) is 15.0 Å². The molecule has 84 valence electrons. The molecule has 2 aromatic rings. The van der Waals surface area contributed by atoms with Gasteiger partial charge >= 0.3 is 0 Å². The van der Waals surface area contributed by atoms with Gasteiger partial charge in [0.05, 0.1) is 11.3 Å². The molecule has 0 atom stereocenters. The first-order valence-corrected chi connectivity index (χ1v) is 5.39. The summed E-state index contributed by atoms with van der Waals surface area (Å²) in [6.45, 7) is 0. The average molecular weight is 245 g/mol. The Labute approximate surface area is 101 Å². The highest BCUT2D eigenvalue weighted by Gasteiger charge is 2.06. The molecule has 0 radical (unpaired) electrons. The maximum atomic E-state index is 11.1. The molecular weight excluding hydrogens is 238 g/mol. The molecule has 6 nitrogen and oxygen atoms in total. The Morgan fingerprint density at radius 2 is 2.29 bits per heavy atom. The van der Waals surface area contributed by atoms with Crippen LogP contribution in [0.4, 0.5) is 5.69 Å². The van der Waals surface area contributed by atoms with Gasteiger partial charge in [0.1, 0.15) is 11.1 Å². The summed E-state index contributed by atoms with van der Waals surface area (Å²) in [5.41, 5.74) is 6.25. The van der Waals surface area contributed by atoms with Crippen molar-refractivity contribution in [3.63, 3.8) is 0 Å². The Balaban J connectivity index is 2.31. The Morgan fingerprint density at radius 3 is 2.94 bits per heavy atom. The predicted molar refractivity (Wildman–Crippen MR) is 62.3 cm³/mol. The maximum Gasteiger partial charge on any atom is 0.251 e. The fraction of sp³-hybridized carbons (Fsp3) is 0. The lowest BCUT2D eigenvalue weighted by Gasteiger charge is -2.02. The highest BCUT2D eigenvalue weighted by atomic mass is 32.2. The van der Waals surface area contributed by atoms with Gasteiger partial charge in [0.15, 0.2) is 5.16 Å². The van der Waals surface area contributed by atoms with Gasteiger partial charge in [-0.15, -0.1) is 0 Å². The summed E-state index contributed by atoms with van der Waals surface area (Å²) in [6, 6.07) is 4.79. The second kappa shape index (κ2) is 4.67. The van der Waals surface area contributed by atoms with Gasteiger partial charge in [0.25, 0.3) is 5.56 Å². The van der Waals surface area contributed by atoms with E-state index in [-0.39, 0.29) is 5.56 Å². The van der Waals surface area contributed by atoms with E-state index in [1.165, 1.54) is 24.5 Å². The topological polar surface area (TPSA) is 108 Å². The van der Waals surface area contributed by atoms with Crippen molar-refractivity contribution in [1.82, 2.24) is 15.0 Å². The minimum absolute atomic E-state index is 0.241. The van der Waals surface area contributed by atoms with Crippen molar-refractivity contribution in [2.24, 2.45) is 0 Å². The van der Waals surface area contributed by atoms with E-state index in [0.29, 0.717) is 21.4 Å². The molecule has 7 heteroatoms. The molecule has 2 rings (SSSR count). The lowest BCUT2D eigenvalue weighted by atomic mass is 10.3. The van der Waals surface area contributed by atoms with Crippen LogP contribution in [-0.2, 0) is 0 Å². The molecule has 0 fully saturated rings.